The first-order valence-corrected chi connectivity index (χ1v) is 28.7. The summed E-state index contributed by atoms with van der Waals surface area (Å²) >= 11 is 3.77. The topological polar surface area (TPSA) is 303 Å². The van der Waals surface area contributed by atoms with Crippen LogP contribution in [0.3, 0.4) is 0 Å². The van der Waals surface area contributed by atoms with E-state index in [0.29, 0.717) is 154 Å². The molecule has 4 aliphatic heterocycles. The van der Waals surface area contributed by atoms with E-state index in [-0.39, 0.29) is 64.9 Å². The zero-order valence-electron chi connectivity index (χ0n) is 43.2. The van der Waals surface area contributed by atoms with Crippen LogP contribution in [0.5, 0.6) is 0 Å². The lowest BCUT2D eigenvalue weighted by atomic mass is 10.0. The second kappa shape index (κ2) is 36.5. The van der Waals surface area contributed by atoms with Gasteiger partial charge in [0, 0.05) is 104 Å². The van der Waals surface area contributed by atoms with Gasteiger partial charge in [-0.15, -0.1) is 0 Å². The number of rotatable bonds is 42. The first kappa shape index (κ1) is 61.4. The van der Waals surface area contributed by atoms with Crippen LogP contribution < -0.4 is 47.9 Å². The van der Waals surface area contributed by atoms with Crippen LogP contribution in [0.1, 0.15) is 97.8 Å². The van der Waals surface area contributed by atoms with Gasteiger partial charge in [0.05, 0.1) is 77.0 Å². The Balaban J connectivity index is 0.779. The molecule has 1 aromatic rings. The highest BCUT2D eigenvalue weighted by atomic mass is 32.2. The maximum atomic E-state index is 13.0. The molecule has 0 bridgehead atoms. The van der Waals surface area contributed by atoms with Gasteiger partial charge < -0.3 is 81.4 Å². The average Bonchev–Trinajstić information content (AvgIpc) is 4.17. The summed E-state index contributed by atoms with van der Waals surface area (Å²) in [7, 11) is 0. The molecule has 6 unspecified atom stereocenters. The van der Waals surface area contributed by atoms with Crippen molar-refractivity contribution >= 4 is 70.8 Å². The van der Waals surface area contributed by atoms with Crippen LogP contribution in [0, 0.1) is 0 Å². The fourth-order valence-corrected chi connectivity index (χ4v) is 11.8. The van der Waals surface area contributed by atoms with E-state index in [1.807, 2.05) is 23.5 Å². The van der Waals surface area contributed by atoms with Crippen LogP contribution in [-0.4, -0.2) is 205 Å². The SMILES string of the molecule is O=C(CCCCC1SCC2NC(=O)NC21)NCCCOCCOCCOCCCNC(=O)c1cc(NC(=O)CO)cc(C(=O)NCCCOCCOCCOCCCNC(=O)CCCCC2SCC3NC(=O)NC32)c1. The molecule has 75 heavy (non-hydrogen) atoms. The van der Waals surface area contributed by atoms with Crippen LogP contribution in [0.15, 0.2) is 18.2 Å². The molecule has 0 saturated carbocycles. The molecule has 1 aromatic carbocycles. The van der Waals surface area contributed by atoms with Crippen molar-refractivity contribution in [1.29, 1.82) is 0 Å². The van der Waals surface area contributed by atoms with Gasteiger partial charge in [-0.2, -0.15) is 23.5 Å². The van der Waals surface area contributed by atoms with Gasteiger partial charge in [0.1, 0.15) is 6.61 Å². The lowest BCUT2D eigenvalue weighted by Gasteiger charge is -2.16. The summed E-state index contributed by atoms with van der Waals surface area (Å²) in [6.45, 7) is 5.91. The minimum atomic E-state index is -0.765. The molecule has 4 saturated heterocycles. The monoisotopic (exact) mass is 1100 g/mol. The molecule has 0 aromatic heterocycles. The Morgan fingerprint density at radius 2 is 0.853 bits per heavy atom. The van der Waals surface area contributed by atoms with Gasteiger partial charge in [0.2, 0.25) is 17.7 Å². The number of carbonyl (C=O) groups is 7. The molecule has 0 aliphatic carbocycles. The number of aliphatic hydroxyl groups is 1. The highest BCUT2D eigenvalue weighted by Crippen LogP contribution is 2.34. The van der Waals surface area contributed by atoms with E-state index in [2.05, 4.69) is 47.9 Å². The van der Waals surface area contributed by atoms with Gasteiger partial charge >= 0.3 is 12.1 Å². The highest BCUT2D eigenvalue weighted by Gasteiger charge is 2.43. The van der Waals surface area contributed by atoms with Crippen LogP contribution in [0.25, 0.3) is 0 Å². The van der Waals surface area contributed by atoms with Crippen molar-refractivity contribution in [1.82, 2.24) is 42.5 Å². The number of carbonyl (C=O) groups excluding carboxylic acids is 7. The second-order valence-electron chi connectivity index (χ2n) is 18.5. The van der Waals surface area contributed by atoms with Crippen molar-refractivity contribution < 1.29 is 67.1 Å². The van der Waals surface area contributed by atoms with Gasteiger partial charge in [0.15, 0.2) is 0 Å². The van der Waals surface area contributed by atoms with Crippen molar-refractivity contribution in [2.75, 3.05) is 129 Å². The van der Waals surface area contributed by atoms with Crippen LogP contribution >= 0.6 is 23.5 Å². The number of benzene rings is 1. The largest absolute Gasteiger partial charge is 0.387 e. The minimum Gasteiger partial charge on any atom is -0.387 e. The highest BCUT2D eigenvalue weighted by molar-refractivity contribution is 8.00. The van der Waals surface area contributed by atoms with Crippen LogP contribution in [-0.2, 0) is 42.8 Å². The molecule has 6 atom stereocenters. The summed E-state index contributed by atoms with van der Waals surface area (Å²) in [5, 5.41) is 35.9. The van der Waals surface area contributed by atoms with Gasteiger partial charge in [-0.3, -0.25) is 24.0 Å². The predicted molar refractivity (Wildman–Crippen MR) is 284 cm³/mol. The average molecular weight is 1100 g/mol. The molecular formula is C50H81N9O14S2. The Hall–Kier alpha value is -4.47. The molecule has 0 radical (unpaired) electrons. The van der Waals surface area contributed by atoms with Crippen molar-refractivity contribution in [3.63, 3.8) is 0 Å². The molecular weight excluding hydrogens is 1010 g/mol. The third-order valence-electron chi connectivity index (χ3n) is 12.6. The number of unbranched alkanes of at least 4 members (excludes halogenated alkanes) is 2. The van der Waals surface area contributed by atoms with Gasteiger partial charge in [-0.25, -0.2) is 9.59 Å². The Morgan fingerprint density at radius 3 is 1.24 bits per heavy atom. The number of fused-ring (bicyclic) bond motifs is 2. The third kappa shape index (κ3) is 24.6. The maximum absolute atomic E-state index is 13.0. The number of hydrogen-bond acceptors (Lipinski definition) is 16. The smallest absolute Gasteiger partial charge is 0.315 e. The van der Waals surface area contributed by atoms with Crippen LogP contribution in [0.2, 0.25) is 0 Å². The number of anilines is 1. The number of urea groups is 2. The molecule has 9 amide bonds. The summed E-state index contributed by atoms with van der Waals surface area (Å²) in [5.41, 5.74) is 0.503. The third-order valence-corrected chi connectivity index (χ3v) is 15.6. The van der Waals surface area contributed by atoms with E-state index in [1.165, 1.54) is 18.2 Å². The second-order valence-corrected chi connectivity index (χ2v) is 21.1. The number of aliphatic hydroxyl groups excluding tert-OH is 1. The fourth-order valence-electron chi connectivity index (χ4n) is 8.73. The lowest BCUT2D eigenvalue weighted by molar-refractivity contribution is -0.122. The molecule has 4 fully saturated rings. The summed E-state index contributed by atoms with van der Waals surface area (Å²) < 4.78 is 33.5. The minimum absolute atomic E-state index is 0.0415. The van der Waals surface area contributed by atoms with Crippen molar-refractivity contribution in [3.05, 3.63) is 29.3 Å². The number of thioether (sulfide) groups is 2. The summed E-state index contributed by atoms with van der Waals surface area (Å²) in [6, 6.07) is 4.97. The lowest BCUT2D eigenvalue weighted by Crippen LogP contribution is -2.36. The van der Waals surface area contributed by atoms with Crippen molar-refractivity contribution in [2.24, 2.45) is 0 Å². The molecule has 4 aliphatic rings. The standard InChI is InChI=1S/C50H81N9O14S2/c60-32-44(63)55-37-30-35(47(64)53-15-7-19-70-23-27-72-25-21-68-17-5-13-51-42(61)11-3-1-9-40-45-38(33-74-40)56-49(66)58-45)29-36(31-37)48(65)54-16-8-20-71-24-28-73-26-22-69-18-6-14-52-43(62)12-4-2-10-41-46-39(34-75-41)57-50(67)59-46/h29-31,38-41,45-46,60H,1-28,32-34H2,(H,51,61)(H,52,62)(H,53,64)(H,54,65)(H,55,63)(H2,56,58,66)(H2,57,59,67). The Kier molecular flexibility index (Phi) is 29.9. The maximum Gasteiger partial charge on any atom is 0.315 e. The van der Waals surface area contributed by atoms with Crippen molar-refractivity contribution in [3.8, 4) is 0 Å². The quantitative estimate of drug-likeness (QED) is 0.0327. The number of hydrogen-bond donors (Lipinski definition) is 10. The summed E-state index contributed by atoms with van der Waals surface area (Å²) in [4.78, 5) is 85.4. The zero-order chi connectivity index (χ0) is 53.3. The fraction of sp³-hybridized carbons (Fsp3) is 0.740. The van der Waals surface area contributed by atoms with E-state index >= 15 is 0 Å². The molecule has 5 rings (SSSR count). The Labute approximate surface area is 448 Å². The van der Waals surface area contributed by atoms with Gasteiger partial charge in [-0.1, -0.05) is 12.8 Å². The van der Waals surface area contributed by atoms with E-state index in [1.54, 1.807) is 0 Å². The van der Waals surface area contributed by atoms with E-state index in [9.17, 15) is 38.7 Å². The van der Waals surface area contributed by atoms with Crippen molar-refractivity contribution in [2.45, 2.75) is 112 Å². The normalized spacial score (nSPS) is 20.3. The number of amides is 9. The van der Waals surface area contributed by atoms with E-state index in [4.69, 9.17) is 28.4 Å². The van der Waals surface area contributed by atoms with Gasteiger partial charge in [0.25, 0.3) is 11.8 Å². The first-order valence-electron chi connectivity index (χ1n) is 26.6. The first-order chi connectivity index (χ1) is 36.6. The van der Waals surface area contributed by atoms with E-state index in [0.717, 1.165) is 50.0 Å². The number of ether oxygens (including phenoxy) is 6. The van der Waals surface area contributed by atoms with Gasteiger partial charge in [-0.05, 0) is 69.6 Å². The molecule has 10 N–H and O–H groups in total. The molecule has 422 valence electrons. The summed E-state index contributed by atoms with van der Waals surface area (Å²) in [6.07, 6.45) is 8.98. The predicted octanol–water partition coefficient (Wildman–Crippen LogP) is 1.42. The molecule has 4 heterocycles. The molecule has 23 nitrogen and oxygen atoms in total. The summed E-state index contributed by atoms with van der Waals surface area (Å²) in [5.74, 6) is 0.375. The number of nitrogens with one attached hydrogen (secondary N) is 9. The van der Waals surface area contributed by atoms with E-state index < -0.39 is 24.3 Å². The zero-order valence-corrected chi connectivity index (χ0v) is 44.8. The Bertz CT molecular complexity index is 1810. The van der Waals surface area contributed by atoms with Crippen LogP contribution in [0.4, 0.5) is 15.3 Å². The molecule has 0 spiro atoms. The Morgan fingerprint density at radius 1 is 0.480 bits per heavy atom. The molecule has 25 heteroatoms.